The summed E-state index contributed by atoms with van der Waals surface area (Å²) in [7, 11) is -4.23. The summed E-state index contributed by atoms with van der Waals surface area (Å²) in [5.41, 5.74) is 6.28. The van der Waals surface area contributed by atoms with Crippen LogP contribution in [0.3, 0.4) is 0 Å². The summed E-state index contributed by atoms with van der Waals surface area (Å²) >= 11 is 0. The Hall–Kier alpha value is -1.54. The molecule has 0 unspecified atom stereocenters. The van der Waals surface area contributed by atoms with Crippen molar-refractivity contribution in [3.05, 3.63) is 12.0 Å². The molecule has 0 aromatic carbocycles. The molecule has 0 saturated heterocycles. The van der Waals surface area contributed by atoms with Gasteiger partial charge in [-0.05, 0) is 6.54 Å². The molecule has 0 aliphatic carbocycles. The lowest BCUT2D eigenvalue weighted by Crippen LogP contribution is -2.06. The summed E-state index contributed by atoms with van der Waals surface area (Å²) in [5.74, 6) is 0.554. The van der Waals surface area contributed by atoms with Crippen LogP contribution in [0.25, 0.3) is 11.2 Å². The lowest BCUT2D eigenvalue weighted by molar-refractivity contribution is 0.289. The van der Waals surface area contributed by atoms with Crippen LogP contribution in [0.1, 0.15) is 5.82 Å². The van der Waals surface area contributed by atoms with E-state index in [0.29, 0.717) is 30.0 Å². The van der Waals surface area contributed by atoms with Crippen molar-refractivity contribution in [2.45, 2.75) is 6.42 Å². The van der Waals surface area contributed by atoms with Gasteiger partial charge in [0.15, 0.2) is 12.0 Å². The quantitative estimate of drug-likeness (QED) is 0.526. The molecule has 0 bridgehead atoms. The van der Waals surface area contributed by atoms with Crippen molar-refractivity contribution < 1.29 is 19.1 Å². The van der Waals surface area contributed by atoms with E-state index in [4.69, 9.17) is 20.3 Å². The normalized spacial score (nSPS) is 11.9. The van der Waals surface area contributed by atoms with Crippen LogP contribution in [0.2, 0.25) is 0 Å². The van der Waals surface area contributed by atoms with Crippen molar-refractivity contribution in [2.24, 2.45) is 5.73 Å². The zero-order valence-corrected chi connectivity index (χ0v) is 10.2. The third kappa shape index (κ3) is 3.23. The summed E-state index contributed by atoms with van der Waals surface area (Å²) in [6, 6.07) is -0.00692. The minimum atomic E-state index is -4.23. The van der Waals surface area contributed by atoms with Gasteiger partial charge in [-0.3, -0.25) is 4.57 Å². The smallest absolute Gasteiger partial charge is 0.362 e. The van der Waals surface area contributed by atoms with Crippen LogP contribution in [0.15, 0.2) is 6.20 Å². The Kier molecular flexibility index (Phi) is 3.58. The highest BCUT2D eigenvalue weighted by atomic mass is 31.2. The van der Waals surface area contributed by atoms with Crippen LogP contribution in [-0.2, 0) is 11.0 Å². The minimum absolute atomic E-state index is 0.00692. The molecule has 2 aromatic heterocycles. The molecular formula is C8H12N5O4P. The molecule has 0 amide bonds. The maximum atomic E-state index is 10.6. The highest BCUT2D eigenvalue weighted by Gasteiger charge is 2.15. The van der Waals surface area contributed by atoms with E-state index in [1.165, 1.54) is 6.20 Å². The first-order chi connectivity index (χ1) is 8.48. The number of aromatic nitrogens is 4. The number of imidazole rings is 1. The number of hydrogen-bond acceptors (Lipinski definition) is 6. The predicted molar refractivity (Wildman–Crippen MR) is 62.0 cm³/mol. The van der Waals surface area contributed by atoms with E-state index >= 15 is 0 Å². The van der Waals surface area contributed by atoms with Gasteiger partial charge in [-0.1, -0.05) is 0 Å². The molecule has 18 heavy (non-hydrogen) atoms. The molecule has 10 heteroatoms. The van der Waals surface area contributed by atoms with Gasteiger partial charge in [-0.25, -0.2) is 9.97 Å². The Bertz CT molecular complexity index is 594. The van der Waals surface area contributed by atoms with Gasteiger partial charge in [-0.2, -0.15) is 4.98 Å². The molecule has 9 nitrogen and oxygen atoms in total. The van der Waals surface area contributed by atoms with Gasteiger partial charge in [-0.15, -0.1) is 0 Å². The highest BCUT2D eigenvalue weighted by Crippen LogP contribution is 2.34. The second-order valence-corrected chi connectivity index (χ2v) is 5.13. The van der Waals surface area contributed by atoms with Crippen LogP contribution in [0.5, 0.6) is 6.01 Å². The van der Waals surface area contributed by atoms with E-state index in [1.54, 1.807) is 0 Å². The molecule has 0 radical (unpaired) electrons. The average Bonchev–Trinajstić information content (AvgIpc) is 2.68. The summed E-state index contributed by atoms with van der Waals surface area (Å²) in [4.78, 5) is 32.2. The number of H-pyrrole nitrogens is 1. The van der Waals surface area contributed by atoms with Gasteiger partial charge in [0.25, 0.3) is 6.01 Å². The van der Waals surface area contributed by atoms with Crippen LogP contribution in [-0.4, -0.2) is 42.6 Å². The predicted octanol–water partition coefficient (Wildman–Crippen LogP) is -0.632. The van der Waals surface area contributed by atoms with Crippen LogP contribution >= 0.6 is 7.60 Å². The number of aromatic amines is 1. The fraction of sp³-hybridized carbons (Fsp3) is 0.375. The molecule has 2 aromatic rings. The van der Waals surface area contributed by atoms with Crippen LogP contribution in [0, 0.1) is 0 Å². The summed E-state index contributed by atoms with van der Waals surface area (Å²) < 4.78 is 15.5. The average molecular weight is 273 g/mol. The number of fused-ring (bicyclic) bond motifs is 1. The third-order valence-electron chi connectivity index (χ3n) is 2.00. The molecule has 0 fully saturated rings. The number of nitrogens with one attached hydrogen (secondary N) is 1. The van der Waals surface area contributed by atoms with Gasteiger partial charge in [0.05, 0.1) is 6.20 Å². The monoisotopic (exact) mass is 273 g/mol. The number of hydrogen-bond donors (Lipinski definition) is 4. The Labute approximate surface area is 102 Å². The lowest BCUT2D eigenvalue weighted by Gasteiger charge is -2.02. The van der Waals surface area contributed by atoms with Gasteiger partial charge < -0.3 is 25.2 Å². The number of rotatable bonds is 5. The lowest BCUT2D eigenvalue weighted by atomic mass is 10.4. The Morgan fingerprint density at radius 2 is 2.22 bits per heavy atom. The van der Waals surface area contributed by atoms with Crippen molar-refractivity contribution in [3.8, 4) is 6.01 Å². The minimum Gasteiger partial charge on any atom is -0.452 e. The molecule has 2 heterocycles. The maximum Gasteiger partial charge on any atom is 0.362 e. The van der Waals surface area contributed by atoms with Crippen molar-refractivity contribution in [3.63, 3.8) is 0 Å². The van der Waals surface area contributed by atoms with Crippen molar-refractivity contribution in [1.29, 1.82) is 0 Å². The van der Waals surface area contributed by atoms with Gasteiger partial charge in [0.1, 0.15) is 11.3 Å². The molecule has 0 aliphatic rings. The Morgan fingerprint density at radius 3 is 2.89 bits per heavy atom. The number of ether oxygens (including phenoxy) is 1. The third-order valence-corrected chi connectivity index (χ3v) is 2.47. The van der Waals surface area contributed by atoms with Gasteiger partial charge in [0, 0.05) is 6.42 Å². The van der Waals surface area contributed by atoms with Crippen molar-refractivity contribution in [2.75, 3.05) is 12.9 Å². The largest absolute Gasteiger partial charge is 0.452 e. The van der Waals surface area contributed by atoms with E-state index < -0.39 is 13.9 Å². The number of nitrogens with zero attached hydrogens (tertiary/aromatic N) is 3. The molecule has 98 valence electrons. The first kappa shape index (κ1) is 12.9. The molecule has 0 spiro atoms. The van der Waals surface area contributed by atoms with Gasteiger partial charge >= 0.3 is 7.60 Å². The first-order valence-electron chi connectivity index (χ1n) is 5.07. The topological polar surface area (TPSA) is 147 Å². The standard InChI is InChI=1S/C8H12N5O4P/c9-2-1-6-10-3-5-7(12-6)13-8(11-5)17-4-18(14,15)16/h3H,1-2,4,9H2,(H2,14,15,16)(H,10,11,12,13). The molecule has 5 N–H and O–H groups in total. The summed E-state index contributed by atoms with van der Waals surface area (Å²) in [5, 5.41) is 0. The van der Waals surface area contributed by atoms with E-state index in [9.17, 15) is 4.57 Å². The Morgan fingerprint density at radius 1 is 1.44 bits per heavy atom. The van der Waals surface area contributed by atoms with Crippen LogP contribution < -0.4 is 10.5 Å². The first-order valence-corrected chi connectivity index (χ1v) is 6.87. The van der Waals surface area contributed by atoms with E-state index in [-0.39, 0.29) is 6.01 Å². The molecule has 0 aliphatic heterocycles. The fourth-order valence-corrected chi connectivity index (χ4v) is 1.57. The van der Waals surface area contributed by atoms with Crippen molar-refractivity contribution in [1.82, 2.24) is 19.9 Å². The van der Waals surface area contributed by atoms with Crippen molar-refractivity contribution >= 4 is 18.8 Å². The van der Waals surface area contributed by atoms with Crippen LogP contribution in [0.4, 0.5) is 0 Å². The SMILES string of the molecule is NCCc1ncc2[nH]c(OCP(=O)(O)O)nc2n1. The second-order valence-electron chi connectivity index (χ2n) is 3.54. The molecular weight excluding hydrogens is 261 g/mol. The summed E-state index contributed by atoms with van der Waals surface area (Å²) in [6.45, 7) is 0.428. The maximum absolute atomic E-state index is 10.6. The van der Waals surface area contributed by atoms with E-state index in [2.05, 4.69) is 19.9 Å². The fourth-order valence-electron chi connectivity index (χ4n) is 1.28. The van der Waals surface area contributed by atoms with E-state index in [0.717, 1.165) is 0 Å². The molecule has 0 saturated carbocycles. The summed E-state index contributed by atoms with van der Waals surface area (Å²) in [6.07, 6.45) is 1.31. The van der Waals surface area contributed by atoms with Gasteiger partial charge in [0.2, 0.25) is 0 Å². The highest BCUT2D eigenvalue weighted by molar-refractivity contribution is 7.51. The molecule has 0 atom stereocenters. The number of nitrogens with two attached hydrogens (primary N) is 1. The Balaban J connectivity index is 2.19. The zero-order chi connectivity index (χ0) is 13.2. The zero-order valence-electron chi connectivity index (χ0n) is 9.28. The molecule has 2 rings (SSSR count). The second kappa shape index (κ2) is 4.99. The van der Waals surface area contributed by atoms with E-state index in [1.807, 2.05) is 0 Å².